The van der Waals surface area contributed by atoms with E-state index in [1.807, 2.05) is 36.6 Å². The van der Waals surface area contributed by atoms with Crippen LogP contribution in [0.2, 0.25) is 0 Å². The molecule has 0 unspecified atom stereocenters. The fraction of sp³-hybridized carbons (Fsp3) is 0.562. The third kappa shape index (κ3) is 2.76. The van der Waals surface area contributed by atoms with Crippen molar-refractivity contribution in [3.05, 3.63) is 35.2 Å². The molecule has 3 rings (SSSR count). The standard InChI is InChI=1S/C16H23N5O2/c1-5-13-14(11(2)18-23-13)16(22)21-9-8-19(3)12(10-21)15-17-6-7-20(15)4/h6-7,12H,5,8-10H2,1-4H3/t12-/m1/s1. The van der Waals surface area contributed by atoms with Crippen LogP contribution in [0.25, 0.3) is 0 Å². The zero-order valence-electron chi connectivity index (χ0n) is 14.1. The molecule has 2 aromatic heterocycles. The van der Waals surface area contributed by atoms with Crippen molar-refractivity contribution in [1.82, 2.24) is 24.5 Å². The Labute approximate surface area is 135 Å². The summed E-state index contributed by atoms with van der Waals surface area (Å²) in [5.74, 6) is 1.65. The lowest BCUT2D eigenvalue weighted by atomic mass is 10.1. The van der Waals surface area contributed by atoms with Gasteiger partial charge in [0.25, 0.3) is 5.91 Å². The maximum absolute atomic E-state index is 12.9. The van der Waals surface area contributed by atoms with Crippen LogP contribution in [0.15, 0.2) is 16.9 Å². The lowest BCUT2D eigenvalue weighted by molar-refractivity contribution is 0.0526. The lowest BCUT2D eigenvalue weighted by Crippen LogP contribution is -2.49. The Kier molecular flexibility index (Phi) is 4.21. The van der Waals surface area contributed by atoms with Gasteiger partial charge >= 0.3 is 0 Å². The molecule has 1 aliphatic rings. The molecular formula is C16H23N5O2. The van der Waals surface area contributed by atoms with Gasteiger partial charge in [-0.1, -0.05) is 12.1 Å². The molecule has 0 radical (unpaired) electrons. The van der Waals surface area contributed by atoms with Crippen molar-refractivity contribution < 1.29 is 9.32 Å². The molecule has 124 valence electrons. The zero-order valence-corrected chi connectivity index (χ0v) is 14.1. The molecule has 1 amide bonds. The minimum Gasteiger partial charge on any atom is -0.360 e. The van der Waals surface area contributed by atoms with Crippen molar-refractivity contribution in [3.8, 4) is 0 Å². The summed E-state index contributed by atoms with van der Waals surface area (Å²) in [6.45, 7) is 5.92. The van der Waals surface area contributed by atoms with Gasteiger partial charge in [0, 0.05) is 45.5 Å². The Morgan fingerprint density at radius 1 is 1.39 bits per heavy atom. The second-order valence-electron chi connectivity index (χ2n) is 6.06. The van der Waals surface area contributed by atoms with E-state index in [0.717, 1.165) is 12.4 Å². The number of hydrogen-bond donors (Lipinski definition) is 0. The summed E-state index contributed by atoms with van der Waals surface area (Å²) >= 11 is 0. The van der Waals surface area contributed by atoms with Crippen molar-refractivity contribution >= 4 is 5.91 Å². The van der Waals surface area contributed by atoms with Crippen LogP contribution in [-0.2, 0) is 13.5 Å². The van der Waals surface area contributed by atoms with Gasteiger partial charge in [0.15, 0.2) is 0 Å². The van der Waals surface area contributed by atoms with Gasteiger partial charge in [-0.05, 0) is 14.0 Å². The van der Waals surface area contributed by atoms with Gasteiger partial charge < -0.3 is 14.0 Å². The van der Waals surface area contributed by atoms with Gasteiger partial charge in [0.1, 0.15) is 17.1 Å². The molecule has 1 atom stereocenters. The number of rotatable bonds is 3. The predicted molar refractivity (Wildman–Crippen MR) is 85.1 cm³/mol. The number of aryl methyl sites for hydroxylation is 3. The van der Waals surface area contributed by atoms with E-state index in [1.165, 1.54) is 0 Å². The Morgan fingerprint density at radius 2 is 2.17 bits per heavy atom. The highest BCUT2D eigenvalue weighted by Crippen LogP contribution is 2.25. The van der Waals surface area contributed by atoms with E-state index in [-0.39, 0.29) is 11.9 Å². The first kappa shape index (κ1) is 15.7. The molecule has 7 heteroatoms. The number of nitrogens with zero attached hydrogens (tertiary/aromatic N) is 5. The molecule has 0 spiro atoms. The fourth-order valence-corrected chi connectivity index (χ4v) is 3.13. The predicted octanol–water partition coefficient (Wildman–Crippen LogP) is 1.41. The van der Waals surface area contributed by atoms with E-state index >= 15 is 0 Å². The van der Waals surface area contributed by atoms with Crippen molar-refractivity contribution in [1.29, 1.82) is 0 Å². The average Bonchev–Trinajstić information content (AvgIpc) is 3.12. The van der Waals surface area contributed by atoms with E-state index in [1.54, 1.807) is 6.20 Å². The van der Waals surface area contributed by atoms with Crippen LogP contribution in [0.3, 0.4) is 0 Å². The van der Waals surface area contributed by atoms with Crippen molar-refractivity contribution in [2.24, 2.45) is 7.05 Å². The Hall–Kier alpha value is -2.15. The summed E-state index contributed by atoms with van der Waals surface area (Å²) < 4.78 is 7.28. The van der Waals surface area contributed by atoms with Crippen molar-refractivity contribution in [2.45, 2.75) is 26.3 Å². The molecule has 0 N–H and O–H groups in total. The van der Waals surface area contributed by atoms with Crippen LogP contribution in [-0.4, -0.2) is 57.1 Å². The van der Waals surface area contributed by atoms with Crippen LogP contribution in [0.4, 0.5) is 0 Å². The molecule has 0 aliphatic carbocycles. The summed E-state index contributed by atoms with van der Waals surface area (Å²) in [7, 11) is 4.06. The van der Waals surface area contributed by atoms with Gasteiger partial charge in [-0.3, -0.25) is 9.69 Å². The first-order chi connectivity index (χ1) is 11.0. The van der Waals surface area contributed by atoms with Crippen LogP contribution in [0.5, 0.6) is 0 Å². The van der Waals surface area contributed by atoms with Gasteiger partial charge in [-0.15, -0.1) is 0 Å². The largest absolute Gasteiger partial charge is 0.360 e. The summed E-state index contributed by atoms with van der Waals surface area (Å²) in [4.78, 5) is 21.5. The molecular weight excluding hydrogens is 294 g/mol. The number of imidazole rings is 1. The van der Waals surface area contributed by atoms with E-state index in [4.69, 9.17) is 4.52 Å². The fourth-order valence-electron chi connectivity index (χ4n) is 3.13. The highest BCUT2D eigenvalue weighted by molar-refractivity contribution is 5.96. The van der Waals surface area contributed by atoms with Gasteiger partial charge in [-0.2, -0.15) is 0 Å². The molecule has 1 saturated heterocycles. The summed E-state index contributed by atoms with van der Waals surface area (Å²) in [6, 6.07) is 0.0953. The highest BCUT2D eigenvalue weighted by atomic mass is 16.5. The number of hydrogen-bond acceptors (Lipinski definition) is 5. The Balaban J connectivity index is 1.85. The monoisotopic (exact) mass is 317 g/mol. The molecule has 0 saturated carbocycles. The van der Waals surface area contributed by atoms with Crippen molar-refractivity contribution in [3.63, 3.8) is 0 Å². The minimum atomic E-state index is 0.00732. The number of carbonyl (C=O) groups is 1. The third-order valence-corrected chi connectivity index (χ3v) is 4.56. The lowest BCUT2D eigenvalue weighted by Gasteiger charge is -2.39. The average molecular weight is 317 g/mol. The summed E-state index contributed by atoms with van der Waals surface area (Å²) in [6.07, 6.45) is 4.39. The van der Waals surface area contributed by atoms with E-state index in [2.05, 4.69) is 22.1 Å². The van der Waals surface area contributed by atoms with Crippen LogP contribution in [0, 0.1) is 6.92 Å². The Bertz CT molecular complexity index is 705. The topological polar surface area (TPSA) is 67.4 Å². The van der Waals surface area contributed by atoms with Crippen LogP contribution >= 0.6 is 0 Å². The summed E-state index contributed by atoms with van der Waals surface area (Å²) in [5.41, 5.74) is 1.29. The smallest absolute Gasteiger partial charge is 0.259 e. The number of carbonyl (C=O) groups excluding carboxylic acids is 1. The molecule has 23 heavy (non-hydrogen) atoms. The first-order valence-corrected chi connectivity index (χ1v) is 7.94. The quantitative estimate of drug-likeness (QED) is 0.856. The van der Waals surface area contributed by atoms with E-state index in [9.17, 15) is 4.79 Å². The molecule has 7 nitrogen and oxygen atoms in total. The van der Waals surface area contributed by atoms with Gasteiger partial charge in [0.05, 0.1) is 11.7 Å². The maximum atomic E-state index is 12.9. The first-order valence-electron chi connectivity index (χ1n) is 7.94. The van der Waals surface area contributed by atoms with E-state index < -0.39 is 0 Å². The molecule has 1 aliphatic heterocycles. The zero-order chi connectivity index (χ0) is 16.6. The molecule has 2 aromatic rings. The second-order valence-corrected chi connectivity index (χ2v) is 6.06. The highest BCUT2D eigenvalue weighted by Gasteiger charge is 2.33. The normalized spacial score (nSPS) is 19.3. The number of likely N-dealkylation sites (N-methyl/N-ethyl adjacent to an activating group) is 1. The second kappa shape index (κ2) is 6.16. The molecule has 3 heterocycles. The number of aromatic nitrogens is 3. The number of piperazine rings is 1. The molecule has 1 fully saturated rings. The SMILES string of the molecule is CCc1onc(C)c1C(=O)N1CCN(C)[C@@H](c2nccn2C)C1. The van der Waals surface area contributed by atoms with Gasteiger partial charge in [0.2, 0.25) is 0 Å². The maximum Gasteiger partial charge on any atom is 0.259 e. The van der Waals surface area contributed by atoms with Crippen molar-refractivity contribution in [2.75, 3.05) is 26.7 Å². The summed E-state index contributed by atoms with van der Waals surface area (Å²) in [5, 5.41) is 3.95. The van der Waals surface area contributed by atoms with Gasteiger partial charge in [-0.25, -0.2) is 4.98 Å². The molecule has 0 aromatic carbocycles. The van der Waals surface area contributed by atoms with Crippen LogP contribution in [0.1, 0.15) is 40.6 Å². The van der Waals surface area contributed by atoms with Crippen LogP contribution < -0.4 is 0 Å². The molecule has 0 bridgehead atoms. The third-order valence-electron chi connectivity index (χ3n) is 4.56. The van der Waals surface area contributed by atoms with E-state index in [0.29, 0.717) is 36.5 Å². The minimum absolute atomic E-state index is 0.00732. The number of amides is 1. The Morgan fingerprint density at radius 3 is 2.83 bits per heavy atom.